The molecule has 0 aliphatic rings. The molecular weight excluding hydrogens is 519 g/mol. The molecule has 198 valence electrons. The van der Waals surface area contributed by atoms with Gasteiger partial charge in [0, 0.05) is 18.1 Å². The molecule has 0 radical (unpaired) electrons. The van der Waals surface area contributed by atoms with Gasteiger partial charge in [-0.05, 0) is 42.7 Å². The number of halogens is 4. The first-order chi connectivity index (χ1) is 16.6. The van der Waals surface area contributed by atoms with Crippen molar-refractivity contribution in [3.63, 3.8) is 0 Å². The first kappa shape index (κ1) is 29.4. The van der Waals surface area contributed by atoms with E-state index in [1.54, 1.807) is 24.3 Å². The third-order valence-electron chi connectivity index (χ3n) is 5.29. The second-order valence-corrected chi connectivity index (χ2v) is 11.1. The van der Waals surface area contributed by atoms with Crippen LogP contribution >= 0.6 is 11.6 Å². The van der Waals surface area contributed by atoms with Gasteiger partial charge in [0.05, 0.1) is 17.5 Å². The van der Waals surface area contributed by atoms with E-state index < -0.39 is 46.2 Å². The first-order valence-electron chi connectivity index (χ1n) is 11.1. The molecule has 0 fully saturated rings. The van der Waals surface area contributed by atoms with Crippen LogP contribution in [-0.4, -0.2) is 50.5 Å². The van der Waals surface area contributed by atoms with E-state index in [4.69, 9.17) is 11.6 Å². The zero-order valence-electron chi connectivity index (χ0n) is 20.3. The van der Waals surface area contributed by atoms with Crippen molar-refractivity contribution >= 4 is 39.1 Å². The van der Waals surface area contributed by atoms with Crippen molar-refractivity contribution in [1.82, 2.24) is 10.2 Å². The summed E-state index contributed by atoms with van der Waals surface area (Å²) in [4.78, 5) is 27.4. The number of sulfonamides is 1. The lowest BCUT2D eigenvalue weighted by Gasteiger charge is -2.32. The molecule has 1 atom stereocenters. The maximum atomic E-state index is 13.4. The van der Waals surface area contributed by atoms with Crippen LogP contribution < -0.4 is 9.62 Å². The Balaban J connectivity index is 2.44. The number of rotatable bonds is 10. The Morgan fingerprint density at radius 1 is 1.06 bits per heavy atom. The maximum Gasteiger partial charge on any atom is 0.416 e. The predicted octanol–water partition coefficient (Wildman–Crippen LogP) is 4.31. The molecule has 12 heteroatoms. The van der Waals surface area contributed by atoms with Crippen LogP contribution in [0.4, 0.5) is 18.9 Å². The van der Waals surface area contributed by atoms with Gasteiger partial charge in [0.25, 0.3) is 0 Å². The van der Waals surface area contributed by atoms with Crippen LogP contribution in [0.2, 0.25) is 5.02 Å². The summed E-state index contributed by atoms with van der Waals surface area (Å²) >= 11 is 6.24. The summed E-state index contributed by atoms with van der Waals surface area (Å²) in [6.07, 6.45) is -3.92. The highest BCUT2D eigenvalue weighted by Crippen LogP contribution is 2.32. The summed E-state index contributed by atoms with van der Waals surface area (Å²) < 4.78 is 65.3. The standard InChI is InChI=1S/C24H29ClF3N3O4S/c1-16(2)13-29-23(33)17(3)30(14-18-8-5-6-11-21(18)25)22(32)15-31(36(4,34)35)20-10-7-9-19(12-20)24(26,27)28/h5-12,16-17H,13-15H2,1-4H3,(H,29,33). The quantitative estimate of drug-likeness (QED) is 0.480. The Kier molecular flexibility index (Phi) is 9.78. The topological polar surface area (TPSA) is 86.8 Å². The molecule has 0 spiro atoms. The molecule has 2 rings (SSSR count). The Labute approximate surface area is 214 Å². The van der Waals surface area contributed by atoms with E-state index >= 15 is 0 Å². The average molecular weight is 548 g/mol. The number of benzene rings is 2. The smallest absolute Gasteiger partial charge is 0.354 e. The molecule has 0 saturated carbocycles. The highest BCUT2D eigenvalue weighted by atomic mass is 35.5. The number of nitrogens with one attached hydrogen (secondary N) is 1. The van der Waals surface area contributed by atoms with Gasteiger partial charge >= 0.3 is 6.18 Å². The van der Waals surface area contributed by atoms with Crippen LogP contribution in [0.1, 0.15) is 31.9 Å². The molecule has 36 heavy (non-hydrogen) atoms. The van der Waals surface area contributed by atoms with Crippen molar-refractivity contribution in [2.75, 3.05) is 23.7 Å². The van der Waals surface area contributed by atoms with Crippen molar-refractivity contribution < 1.29 is 31.2 Å². The second kappa shape index (κ2) is 12.0. The van der Waals surface area contributed by atoms with Gasteiger partial charge in [-0.1, -0.05) is 49.7 Å². The molecule has 0 aromatic heterocycles. The second-order valence-electron chi connectivity index (χ2n) is 8.75. The van der Waals surface area contributed by atoms with E-state index in [0.717, 1.165) is 23.3 Å². The van der Waals surface area contributed by atoms with Gasteiger partial charge in [-0.3, -0.25) is 13.9 Å². The number of nitrogens with zero attached hydrogens (tertiary/aromatic N) is 2. The van der Waals surface area contributed by atoms with E-state index in [0.29, 0.717) is 27.5 Å². The van der Waals surface area contributed by atoms with Gasteiger partial charge in [0.1, 0.15) is 12.6 Å². The van der Waals surface area contributed by atoms with Crippen molar-refractivity contribution in [2.24, 2.45) is 5.92 Å². The molecule has 0 aliphatic heterocycles. The fourth-order valence-corrected chi connectivity index (χ4v) is 4.33. The number of anilines is 1. The lowest BCUT2D eigenvalue weighted by molar-refractivity contribution is -0.139. The van der Waals surface area contributed by atoms with Gasteiger partial charge in [0.15, 0.2) is 0 Å². The van der Waals surface area contributed by atoms with E-state index in [1.165, 1.54) is 13.0 Å². The van der Waals surface area contributed by atoms with Crippen molar-refractivity contribution in [3.05, 3.63) is 64.7 Å². The molecule has 1 unspecified atom stereocenters. The van der Waals surface area contributed by atoms with Crippen molar-refractivity contribution in [1.29, 1.82) is 0 Å². The van der Waals surface area contributed by atoms with E-state index in [2.05, 4.69) is 5.32 Å². The number of hydrogen-bond donors (Lipinski definition) is 1. The monoisotopic (exact) mass is 547 g/mol. The largest absolute Gasteiger partial charge is 0.416 e. The highest BCUT2D eigenvalue weighted by Gasteiger charge is 2.33. The van der Waals surface area contributed by atoms with E-state index in [9.17, 15) is 31.2 Å². The zero-order valence-corrected chi connectivity index (χ0v) is 21.9. The Morgan fingerprint density at radius 2 is 1.69 bits per heavy atom. The SMILES string of the molecule is CC(C)CNC(=O)C(C)N(Cc1ccccc1Cl)C(=O)CN(c1cccc(C(F)(F)F)c1)S(C)(=O)=O. The van der Waals surface area contributed by atoms with Crippen LogP contribution in [0.3, 0.4) is 0 Å². The van der Waals surface area contributed by atoms with Crippen LogP contribution in [0.5, 0.6) is 0 Å². The number of alkyl halides is 3. The third-order valence-corrected chi connectivity index (χ3v) is 6.80. The van der Waals surface area contributed by atoms with Gasteiger partial charge in [-0.25, -0.2) is 8.42 Å². The molecule has 1 N–H and O–H groups in total. The summed E-state index contributed by atoms with van der Waals surface area (Å²) in [6.45, 7) is 4.71. The minimum atomic E-state index is -4.71. The summed E-state index contributed by atoms with van der Waals surface area (Å²) in [7, 11) is -4.17. The minimum Gasteiger partial charge on any atom is -0.354 e. The first-order valence-corrected chi connectivity index (χ1v) is 13.3. The molecule has 0 heterocycles. The normalized spacial score (nSPS) is 12.8. The van der Waals surface area contributed by atoms with Gasteiger partial charge in [-0.15, -0.1) is 0 Å². The lowest BCUT2D eigenvalue weighted by atomic mass is 10.1. The van der Waals surface area contributed by atoms with Crippen LogP contribution in [0.25, 0.3) is 0 Å². The highest BCUT2D eigenvalue weighted by molar-refractivity contribution is 7.92. The van der Waals surface area contributed by atoms with Crippen LogP contribution in [0, 0.1) is 5.92 Å². The third kappa shape index (κ3) is 8.12. The van der Waals surface area contributed by atoms with Crippen molar-refractivity contribution in [2.45, 2.75) is 39.5 Å². The fourth-order valence-electron chi connectivity index (χ4n) is 3.30. The lowest BCUT2D eigenvalue weighted by Crippen LogP contribution is -2.51. The summed E-state index contributed by atoms with van der Waals surface area (Å²) in [5.74, 6) is -1.10. The number of hydrogen-bond acceptors (Lipinski definition) is 4. The molecule has 2 aromatic rings. The number of carbonyl (C=O) groups is 2. The Morgan fingerprint density at radius 3 is 2.25 bits per heavy atom. The number of amides is 2. The summed E-state index contributed by atoms with van der Waals surface area (Å²) in [5.41, 5.74) is -0.869. The van der Waals surface area contributed by atoms with Gasteiger partial charge < -0.3 is 10.2 Å². The predicted molar refractivity (Wildman–Crippen MR) is 133 cm³/mol. The molecular formula is C24H29ClF3N3O4S. The Hall–Kier alpha value is -2.79. The van der Waals surface area contributed by atoms with E-state index in [1.807, 2.05) is 13.8 Å². The van der Waals surface area contributed by atoms with Crippen LogP contribution in [0.15, 0.2) is 48.5 Å². The van der Waals surface area contributed by atoms with Crippen LogP contribution in [-0.2, 0) is 32.3 Å². The maximum absolute atomic E-state index is 13.4. The number of carbonyl (C=O) groups excluding carboxylic acids is 2. The molecule has 2 aromatic carbocycles. The molecule has 0 saturated heterocycles. The fraction of sp³-hybridized carbons (Fsp3) is 0.417. The van der Waals surface area contributed by atoms with Gasteiger partial charge in [0.2, 0.25) is 21.8 Å². The minimum absolute atomic E-state index is 0.116. The molecule has 0 bridgehead atoms. The van der Waals surface area contributed by atoms with E-state index in [-0.39, 0.29) is 18.2 Å². The van der Waals surface area contributed by atoms with Crippen molar-refractivity contribution in [3.8, 4) is 0 Å². The molecule has 0 aliphatic carbocycles. The summed E-state index contributed by atoms with van der Waals surface area (Å²) in [5, 5.41) is 3.07. The summed E-state index contributed by atoms with van der Waals surface area (Å²) in [6, 6.07) is 9.31. The Bertz CT molecular complexity index is 1190. The van der Waals surface area contributed by atoms with Gasteiger partial charge in [-0.2, -0.15) is 13.2 Å². The molecule has 2 amide bonds. The average Bonchev–Trinajstić information content (AvgIpc) is 2.78. The molecule has 7 nitrogen and oxygen atoms in total. The zero-order chi connectivity index (χ0) is 27.3.